The highest BCUT2D eigenvalue weighted by atomic mass is 35.5. The molecule has 0 fully saturated rings. The molecule has 0 heterocycles. The van der Waals surface area contributed by atoms with Gasteiger partial charge in [-0.2, -0.15) is 0 Å². The van der Waals surface area contributed by atoms with E-state index in [0.29, 0.717) is 34.5 Å². The Morgan fingerprint density at radius 1 is 1.30 bits per heavy atom. The van der Waals surface area contributed by atoms with Crippen molar-refractivity contribution in [3.63, 3.8) is 0 Å². The molecule has 1 aromatic carbocycles. The highest BCUT2D eigenvalue weighted by Crippen LogP contribution is 2.36. The van der Waals surface area contributed by atoms with Crippen LogP contribution < -0.4 is 20.5 Å². The molecule has 0 aliphatic heterocycles. The molecule has 0 radical (unpaired) electrons. The fraction of sp³-hybridized carbons (Fsp3) is 0.500. The lowest BCUT2D eigenvalue weighted by molar-refractivity contribution is -0.117. The van der Waals surface area contributed by atoms with E-state index >= 15 is 0 Å². The van der Waals surface area contributed by atoms with E-state index in [2.05, 4.69) is 5.32 Å². The maximum Gasteiger partial charge on any atom is 0.241 e. The first-order chi connectivity index (χ1) is 9.38. The van der Waals surface area contributed by atoms with Crippen molar-refractivity contribution in [2.75, 3.05) is 19.5 Å². The maximum absolute atomic E-state index is 12.0. The second-order valence-corrected chi connectivity index (χ2v) is 5.32. The van der Waals surface area contributed by atoms with Gasteiger partial charge < -0.3 is 20.5 Å². The Labute approximate surface area is 124 Å². The summed E-state index contributed by atoms with van der Waals surface area (Å²) in [4.78, 5) is 12.0. The lowest BCUT2D eigenvalue weighted by atomic mass is 10.0. The fourth-order valence-electron chi connectivity index (χ4n) is 1.79. The molecule has 5 nitrogen and oxygen atoms in total. The van der Waals surface area contributed by atoms with Crippen molar-refractivity contribution in [1.29, 1.82) is 0 Å². The van der Waals surface area contributed by atoms with E-state index in [-0.39, 0.29) is 5.91 Å². The summed E-state index contributed by atoms with van der Waals surface area (Å²) in [5.41, 5.74) is 6.28. The molecule has 0 bridgehead atoms. The third-order valence-corrected chi connectivity index (χ3v) is 3.11. The van der Waals surface area contributed by atoms with E-state index in [1.165, 1.54) is 14.2 Å². The number of halogens is 1. The van der Waals surface area contributed by atoms with Crippen LogP contribution in [0.3, 0.4) is 0 Å². The lowest BCUT2D eigenvalue weighted by Gasteiger charge is -2.16. The van der Waals surface area contributed by atoms with Crippen LogP contribution in [-0.4, -0.2) is 26.2 Å². The van der Waals surface area contributed by atoms with E-state index in [0.717, 1.165) is 0 Å². The minimum absolute atomic E-state index is 0.271. The molecule has 112 valence electrons. The molecule has 0 spiro atoms. The molecule has 1 rings (SSSR count). The van der Waals surface area contributed by atoms with Crippen LogP contribution in [0.5, 0.6) is 11.5 Å². The van der Waals surface area contributed by atoms with Crippen LogP contribution in [-0.2, 0) is 4.79 Å². The topological polar surface area (TPSA) is 73.6 Å². The van der Waals surface area contributed by atoms with E-state index in [4.69, 9.17) is 26.8 Å². The number of rotatable bonds is 6. The molecular weight excluding hydrogens is 280 g/mol. The van der Waals surface area contributed by atoms with Gasteiger partial charge in [-0.15, -0.1) is 0 Å². The van der Waals surface area contributed by atoms with Crippen molar-refractivity contribution in [3.05, 3.63) is 17.2 Å². The number of anilines is 1. The second-order valence-electron chi connectivity index (χ2n) is 4.91. The van der Waals surface area contributed by atoms with E-state index in [9.17, 15) is 4.79 Å². The summed E-state index contributed by atoms with van der Waals surface area (Å²) in [6.45, 7) is 4.02. The van der Waals surface area contributed by atoms with Gasteiger partial charge in [0.2, 0.25) is 5.91 Å². The number of nitrogens with two attached hydrogens (primary N) is 1. The van der Waals surface area contributed by atoms with Gasteiger partial charge in [-0.25, -0.2) is 0 Å². The number of ether oxygens (including phenoxy) is 2. The Kier molecular flexibility index (Phi) is 6.10. The fourth-order valence-corrected chi connectivity index (χ4v) is 1.99. The molecule has 0 aliphatic rings. The monoisotopic (exact) mass is 300 g/mol. The van der Waals surface area contributed by atoms with E-state index in [1.807, 2.05) is 13.8 Å². The Morgan fingerprint density at radius 2 is 1.85 bits per heavy atom. The Morgan fingerprint density at radius 3 is 2.35 bits per heavy atom. The van der Waals surface area contributed by atoms with Gasteiger partial charge in [0.05, 0.1) is 31.0 Å². The van der Waals surface area contributed by atoms with Crippen molar-refractivity contribution in [3.8, 4) is 11.5 Å². The first kappa shape index (κ1) is 16.6. The number of carbonyl (C=O) groups is 1. The summed E-state index contributed by atoms with van der Waals surface area (Å²) in [5, 5.41) is 3.08. The SMILES string of the molecule is COc1cc(Cl)c(NC(=O)[C@@H](N)CC(C)C)cc1OC. The van der Waals surface area contributed by atoms with Crippen LogP contribution in [0.15, 0.2) is 12.1 Å². The minimum Gasteiger partial charge on any atom is -0.493 e. The largest absolute Gasteiger partial charge is 0.493 e. The third-order valence-electron chi connectivity index (χ3n) is 2.79. The van der Waals surface area contributed by atoms with Gasteiger partial charge in [0.1, 0.15) is 0 Å². The van der Waals surface area contributed by atoms with Crippen molar-refractivity contribution >= 4 is 23.2 Å². The number of hydrogen-bond acceptors (Lipinski definition) is 4. The highest BCUT2D eigenvalue weighted by molar-refractivity contribution is 6.34. The number of hydrogen-bond donors (Lipinski definition) is 2. The number of amides is 1. The summed E-state index contributed by atoms with van der Waals surface area (Å²) in [7, 11) is 3.03. The lowest BCUT2D eigenvalue weighted by Crippen LogP contribution is -2.36. The molecule has 1 aromatic rings. The summed E-state index contributed by atoms with van der Waals surface area (Å²) >= 11 is 6.10. The van der Waals surface area contributed by atoms with Crippen LogP contribution in [0.25, 0.3) is 0 Å². The average Bonchev–Trinajstić information content (AvgIpc) is 2.39. The molecule has 6 heteroatoms. The van der Waals surface area contributed by atoms with Crippen molar-refractivity contribution in [2.45, 2.75) is 26.3 Å². The van der Waals surface area contributed by atoms with Crippen LogP contribution in [0.2, 0.25) is 5.02 Å². The third kappa shape index (κ3) is 4.28. The normalized spacial score (nSPS) is 12.2. The smallest absolute Gasteiger partial charge is 0.241 e. The zero-order valence-corrected chi connectivity index (χ0v) is 13.0. The molecule has 3 N–H and O–H groups in total. The van der Waals surface area contributed by atoms with Gasteiger partial charge in [-0.1, -0.05) is 25.4 Å². The zero-order chi connectivity index (χ0) is 15.3. The van der Waals surface area contributed by atoms with Crippen molar-refractivity contribution in [1.82, 2.24) is 0 Å². The van der Waals surface area contributed by atoms with Crippen LogP contribution >= 0.6 is 11.6 Å². The molecule has 0 aliphatic carbocycles. The number of benzene rings is 1. The average molecular weight is 301 g/mol. The minimum atomic E-state index is -0.570. The van der Waals surface area contributed by atoms with Crippen molar-refractivity contribution in [2.24, 2.45) is 11.7 Å². The molecule has 0 aromatic heterocycles. The standard InChI is InChI=1S/C14H21ClN2O3/c1-8(2)5-10(16)14(18)17-11-7-13(20-4)12(19-3)6-9(11)15/h6-8,10H,5,16H2,1-4H3,(H,17,18)/t10-/m0/s1. The molecule has 0 unspecified atom stereocenters. The molecule has 0 saturated heterocycles. The number of carbonyl (C=O) groups excluding carboxylic acids is 1. The van der Waals surface area contributed by atoms with Gasteiger partial charge in [0, 0.05) is 12.1 Å². The molecule has 1 amide bonds. The van der Waals surface area contributed by atoms with E-state index < -0.39 is 6.04 Å². The maximum atomic E-state index is 12.0. The van der Waals surface area contributed by atoms with Gasteiger partial charge in [0.15, 0.2) is 11.5 Å². The Hall–Kier alpha value is -1.46. The Balaban J connectivity index is 2.89. The zero-order valence-electron chi connectivity index (χ0n) is 12.2. The van der Waals surface area contributed by atoms with Gasteiger partial charge in [0.25, 0.3) is 0 Å². The molecule has 20 heavy (non-hydrogen) atoms. The Bertz CT molecular complexity index is 478. The first-order valence-corrected chi connectivity index (χ1v) is 6.74. The predicted octanol–water partition coefficient (Wildman–Crippen LogP) is 2.67. The van der Waals surface area contributed by atoms with Gasteiger partial charge >= 0.3 is 0 Å². The number of methoxy groups -OCH3 is 2. The molecular formula is C14H21ClN2O3. The predicted molar refractivity (Wildman–Crippen MR) is 80.6 cm³/mol. The van der Waals surface area contributed by atoms with Crippen molar-refractivity contribution < 1.29 is 14.3 Å². The molecule has 0 saturated carbocycles. The summed E-state index contributed by atoms with van der Waals surface area (Å²) in [5.74, 6) is 1.07. The first-order valence-electron chi connectivity index (χ1n) is 6.37. The van der Waals surface area contributed by atoms with Gasteiger partial charge in [-0.05, 0) is 12.3 Å². The summed E-state index contributed by atoms with van der Waals surface area (Å²) in [6.07, 6.45) is 0.608. The van der Waals surface area contributed by atoms with Crippen LogP contribution in [0.1, 0.15) is 20.3 Å². The highest BCUT2D eigenvalue weighted by Gasteiger charge is 2.17. The summed E-state index contributed by atoms with van der Waals surface area (Å²) < 4.78 is 10.3. The number of nitrogens with one attached hydrogen (secondary N) is 1. The van der Waals surface area contributed by atoms with Crippen LogP contribution in [0, 0.1) is 5.92 Å². The quantitative estimate of drug-likeness (QED) is 0.847. The van der Waals surface area contributed by atoms with E-state index in [1.54, 1.807) is 12.1 Å². The second kappa shape index (κ2) is 7.36. The summed E-state index contributed by atoms with van der Waals surface area (Å²) in [6, 6.07) is 2.63. The van der Waals surface area contributed by atoms with Crippen LogP contribution in [0.4, 0.5) is 5.69 Å². The molecule has 1 atom stereocenters. The van der Waals surface area contributed by atoms with Gasteiger partial charge in [-0.3, -0.25) is 4.79 Å².